The van der Waals surface area contributed by atoms with Crippen molar-refractivity contribution < 1.29 is 4.79 Å². The fourth-order valence-corrected chi connectivity index (χ4v) is 2.79. The van der Waals surface area contributed by atoms with E-state index in [1.807, 2.05) is 12.1 Å². The van der Waals surface area contributed by atoms with Gasteiger partial charge in [0, 0.05) is 17.8 Å². The molecule has 2 N–H and O–H groups in total. The maximum atomic E-state index is 12.1. The van der Waals surface area contributed by atoms with E-state index < -0.39 is 5.56 Å². The second kappa shape index (κ2) is 7.65. The van der Waals surface area contributed by atoms with Crippen LogP contribution in [0, 0.1) is 36.5 Å². The highest BCUT2D eigenvalue weighted by molar-refractivity contribution is 6.32. The Kier molecular flexibility index (Phi) is 5.59. The van der Waals surface area contributed by atoms with Crippen LogP contribution in [-0.4, -0.2) is 10.9 Å². The minimum atomic E-state index is -0.419. The molecule has 0 fully saturated rings. The van der Waals surface area contributed by atoms with Crippen molar-refractivity contribution in [1.29, 1.82) is 10.5 Å². The molecule has 0 bridgehead atoms. The van der Waals surface area contributed by atoms with Gasteiger partial charge in [0.1, 0.15) is 17.7 Å². The second-order valence-corrected chi connectivity index (χ2v) is 5.93. The van der Waals surface area contributed by atoms with Gasteiger partial charge in [0.2, 0.25) is 5.91 Å². The summed E-state index contributed by atoms with van der Waals surface area (Å²) in [4.78, 5) is 26.5. The van der Waals surface area contributed by atoms with E-state index >= 15 is 0 Å². The minimum Gasteiger partial charge on any atom is -0.326 e. The van der Waals surface area contributed by atoms with Gasteiger partial charge in [-0.1, -0.05) is 11.6 Å². The van der Waals surface area contributed by atoms with Crippen LogP contribution >= 0.6 is 11.6 Å². The number of nitriles is 2. The molecule has 0 atom stereocenters. The number of benzene rings is 1. The summed E-state index contributed by atoms with van der Waals surface area (Å²) in [5.41, 5.74) is 2.51. The molecule has 6 nitrogen and oxygen atoms in total. The first-order chi connectivity index (χ1) is 11.9. The van der Waals surface area contributed by atoms with Crippen LogP contribution in [0.25, 0.3) is 0 Å². The minimum absolute atomic E-state index is 0.0693. The molecule has 2 rings (SSSR count). The number of nitrogens with one attached hydrogen (secondary N) is 2. The van der Waals surface area contributed by atoms with E-state index in [1.165, 1.54) is 12.1 Å². The molecule has 0 radical (unpaired) electrons. The lowest BCUT2D eigenvalue weighted by molar-refractivity contribution is -0.116. The van der Waals surface area contributed by atoms with E-state index in [2.05, 4.69) is 10.3 Å². The van der Waals surface area contributed by atoms with E-state index in [9.17, 15) is 9.59 Å². The number of carbonyl (C=O) groups excluding carboxylic acids is 1. The number of nitrogens with zero attached hydrogens (tertiary/aromatic N) is 2. The van der Waals surface area contributed by atoms with Crippen LogP contribution in [0.15, 0.2) is 23.0 Å². The lowest BCUT2D eigenvalue weighted by Crippen LogP contribution is -2.18. The van der Waals surface area contributed by atoms with Gasteiger partial charge in [-0.15, -0.1) is 0 Å². The third kappa shape index (κ3) is 4.06. The molecule has 0 aliphatic carbocycles. The quantitative estimate of drug-likeness (QED) is 0.879. The van der Waals surface area contributed by atoms with Gasteiger partial charge in [-0.05, 0) is 49.6 Å². The summed E-state index contributed by atoms with van der Waals surface area (Å²) >= 11 is 5.94. The second-order valence-electron chi connectivity index (χ2n) is 5.52. The predicted molar refractivity (Wildman–Crippen MR) is 94.4 cm³/mol. The molecule has 1 heterocycles. The number of rotatable bonds is 4. The van der Waals surface area contributed by atoms with E-state index in [0.717, 1.165) is 5.56 Å². The molecule has 0 saturated heterocycles. The van der Waals surface area contributed by atoms with Crippen LogP contribution in [0.5, 0.6) is 0 Å². The number of pyridine rings is 1. The van der Waals surface area contributed by atoms with Gasteiger partial charge in [-0.2, -0.15) is 10.5 Å². The first kappa shape index (κ1) is 18.3. The molecule has 0 saturated carbocycles. The maximum absolute atomic E-state index is 12.1. The third-order valence-corrected chi connectivity index (χ3v) is 4.21. The van der Waals surface area contributed by atoms with Gasteiger partial charge in [0.25, 0.3) is 5.56 Å². The molecule has 7 heteroatoms. The van der Waals surface area contributed by atoms with E-state index in [4.69, 9.17) is 22.1 Å². The number of aryl methyl sites for hydroxylation is 1. The van der Waals surface area contributed by atoms with E-state index in [1.54, 1.807) is 19.9 Å². The van der Waals surface area contributed by atoms with Crippen molar-refractivity contribution in [3.05, 3.63) is 61.5 Å². The average Bonchev–Trinajstić information content (AvgIpc) is 2.55. The van der Waals surface area contributed by atoms with Crippen LogP contribution in [0.2, 0.25) is 5.02 Å². The Morgan fingerprint density at radius 1 is 1.28 bits per heavy atom. The van der Waals surface area contributed by atoms with Crippen molar-refractivity contribution in [1.82, 2.24) is 4.98 Å². The molecule has 0 unspecified atom stereocenters. The molecule has 1 aromatic heterocycles. The molecule has 126 valence electrons. The highest BCUT2D eigenvalue weighted by Gasteiger charge is 2.13. The molecule has 1 amide bonds. The topological polar surface area (TPSA) is 110 Å². The largest absolute Gasteiger partial charge is 0.326 e. The van der Waals surface area contributed by atoms with Gasteiger partial charge >= 0.3 is 0 Å². The highest BCUT2D eigenvalue weighted by Crippen LogP contribution is 2.21. The SMILES string of the molecule is Cc1[nH]c(=O)c(C#N)c(C)c1CCC(=O)Nc1ccc(C#N)c(Cl)c1. The highest BCUT2D eigenvalue weighted by atomic mass is 35.5. The molecule has 2 aromatic rings. The smallest absolute Gasteiger partial charge is 0.266 e. The van der Waals surface area contributed by atoms with Gasteiger partial charge in [0.05, 0.1) is 10.6 Å². The van der Waals surface area contributed by atoms with Gasteiger partial charge in [-0.25, -0.2) is 0 Å². The van der Waals surface area contributed by atoms with Gasteiger partial charge < -0.3 is 10.3 Å². The molecule has 0 aliphatic heterocycles. The molecular weight excluding hydrogens is 340 g/mol. The van der Waals surface area contributed by atoms with Crippen molar-refractivity contribution in [3.63, 3.8) is 0 Å². The number of hydrogen-bond donors (Lipinski definition) is 2. The maximum Gasteiger partial charge on any atom is 0.266 e. The van der Waals surface area contributed by atoms with Crippen molar-refractivity contribution >= 4 is 23.2 Å². The monoisotopic (exact) mass is 354 g/mol. The lowest BCUT2D eigenvalue weighted by atomic mass is 9.99. The fraction of sp³-hybridized carbons (Fsp3) is 0.222. The van der Waals surface area contributed by atoms with Crippen LogP contribution in [0.4, 0.5) is 5.69 Å². The number of carbonyl (C=O) groups is 1. The van der Waals surface area contributed by atoms with Crippen LogP contribution in [-0.2, 0) is 11.2 Å². The molecular formula is C18H15ClN4O2. The van der Waals surface area contributed by atoms with Crippen molar-refractivity contribution in [2.24, 2.45) is 0 Å². The summed E-state index contributed by atoms with van der Waals surface area (Å²) in [6.45, 7) is 3.44. The predicted octanol–water partition coefficient (Wildman–Crippen LogP) is 2.96. The normalized spacial score (nSPS) is 9.96. The Bertz CT molecular complexity index is 980. The van der Waals surface area contributed by atoms with Crippen molar-refractivity contribution in [2.75, 3.05) is 5.32 Å². The summed E-state index contributed by atoms with van der Waals surface area (Å²) in [5.74, 6) is -0.232. The molecule has 1 aromatic carbocycles. The third-order valence-electron chi connectivity index (χ3n) is 3.90. The van der Waals surface area contributed by atoms with Crippen LogP contribution in [0.3, 0.4) is 0 Å². The summed E-state index contributed by atoms with van der Waals surface area (Å²) in [7, 11) is 0. The van der Waals surface area contributed by atoms with Crippen LogP contribution in [0.1, 0.15) is 34.4 Å². The Morgan fingerprint density at radius 2 is 2.00 bits per heavy atom. The number of aromatic amines is 1. The molecule has 0 aliphatic rings. The summed E-state index contributed by atoms with van der Waals surface area (Å²) < 4.78 is 0. The number of aromatic nitrogens is 1. The number of halogens is 1. The number of anilines is 1. The van der Waals surface area contributed by atoms with E-state index in [-0.39, 0.29) is 22.9 Å². The number of H-pyrrole nitrogens is 1. The fourth-order valence-electron chi connectivity index (χ4n) is 2.57. The zero-order valence-corrected chi connectivity index (χ0v) is 14.5. The Balaban J connectivity index is 2.11. The number of amides is 1. The van der Waals surface area contributed by atoms with Crippen LogP contribution < -0.4 is 10.9 Å². The molecule has 0 spiro atoms. The first-order valence-corrected chi connectivity index (χ1v) is 7.87. The Morgan fingerprint density at radius 3 is 2.60 bits per heavy atom. The zero-order chi connectivity index (χ0) is 18.6. The lowest BCUT2D eigenvalue weighted by Gasteiger charge is -2.11. The van der Waals surface area contributed by atoms with Gasteiger partial charge in [0.15, 0.2) is 0 Å². The summed E-state index contributed by atoms with van der Waals surface area (Å²) in [6.07, 6.45) is 0.565. The zero-order valence-electron chi connectivity index (χ0n) is 13.7. The van der Waals surface area contributed by atoms with Crippen molar-refractivity contribution in [3.8, 4) is 12.1 Å². The average molecular weight is 355 g/mol. The standard InChI is InChI=1S/C18H15ClN4O2/c1-10-14(11(2)22-18(25)15(10)9-21)5-6-17(24)23-13-4-3-12(8-20)16(19)7-13/h3-4,7H,5-6H2,1-2H3,(H,22,25)(H,23,24). The Hall–Kier alpha value is -3.09. The number of hydrogen-bond acceptors (Lipinski definition) is 4. The van der Waals surface area contributed by atoms with Gasteiger partial charge in [-0.3, -0.25) is 9.59 Å². The molecule has 25 heavy (non-hydrogen) atoms. The summed E-state index contributed by atoms with van der Waals surface area (Å²) in [6, 6.07) is 8.50. The first-order valence-electron chi connectivity index (χ1n) is 7.49. The Labute approximate surface area is 149 Å². The summed E-state index contributed by atoms with van der Waals surface area (Å²) in [5, 5.41) is 20.9. The van der Waals surface area contributed by atoms with E-state index in [0.29, 0.717) is 28.9 Å². The van der Waals surface area contributed by atoms with Crippen molar-refractivity contribution in [2.45, 2.75) is 26.7 Å².